The van der Waals surface area contributed by atoms with Crippen molar-refractivity contribution in [3.8, 4) is 0 Å². The Bertz CT molecular complexity index is 1100. The zero-order chi connectivity index (χ0) is 22.5. The van der Waals surface area contributed by atoms with Crippen molar-refractivity contribution in [2.75, 3.05) is 31.1 Å². The second kappa shape index (κ2) is 9.69. The topological polar surface area (TPSA) is 49.9 Å². The summed E-state index contributed by atoms with van der Waals surface area (Å²) in [4.78, 5) is 29.8. The highest BCUT2D eigenvalue weighted by molar-refractivity contribution is 5.96. The van der Waals surface area contributed by atoms with E-state index in [1.807, 2.05) is 35.2 Å². The number of benzene rings is 3. The summed E-state index contributed by atoms with van der Waals surface area (Å²) in [5, 5.41) is 0. The molecule has 0 bridgehead atoms. The van der Waals surface area contributed by atoms with Crippen LogP contribution in [0.1, 0.15) is 37.4 Å². The third-order valence-corrected chi connectivity index (χ3v) is 6.10. The molecule has 164 valence electrons. The van der Waals surface area contributed by atoms with Gasteiger partial charge in [0.15, 0.2) is 0 Å². The summed E-state index contributed by atoms with van der Waals surface area (Å²) in [6.45, 7) is 7.24. The van der Waals surface area contributed by atoms with Gasteiger partial charge in [-0.15, -0.1) is 0 Å². The number of amides is 1. The van der Waals surface area contributed by atoms with Crippen LogP contribution < -0.4 is 4.90 Å². The first kappa shape index (κ1) is 21.6. The molecule has 1 fully saturated rings. The van der Waals surface area contributed by atoms with Gasteiger partial charge in [0.25, 0.3) is 5.91 Å². The number of carbonyl (C=O) groups excluding carboxylic acids is 2. The first-order chi connectivity index (χ1) is 15.5. The summed E-state index contributed by atoms with van der Waals surface area (Å²) in [7, 11) is 0. The first-order valence-electron chi connectivity index (χ1n) is 10.9. The molecule has 1 aliphatic heterocycles. The Morgan fingerprint density at radius 3 is 2.25 bits per heavy atom. The normalized spacial score (nSPS) is 13.7. The second-order valence-corrected chi connectivity index (χ2v) is 8.10. The maximum absolute atomic E-state index is 13.3. The Hall–Kier alpha value is -3.60. The molecule has 5 nitrogen and oxygen atoms in total. The molecule has 0 atom stereocenters. The van der Waals surface area contributed by atoms with Crippen LogP contribution in [0.25, 0.3) is 0 Å². The second-order valence-electron chi connectivity index (χ2n) is 8.10. The largest absolute Gasteiger partial charge is 0.457 e. The van der Waals surface area contributed by atoms with Gasteiger partial charge in [-0.25, -0.2) is 4.79 Å². The van der Waals surface area contributed by atoms with E-state index in [0.717, 1.165) is 18.7 Å². The minimum Gasteiger partial charge on any atom is -0.457 e. The van der Waals surface area contributed by atoms with Crippen LogP contribution in [-0.2, 0) is 11.3 Å². The smallest absolute Gasteiger partial charge is 0.338 e. The van der Waals surface area contributed by atoms with Crippen molar-refractivity contribution in [1.29, 1.82) is 0 Å². The van der Waals surface area contributed by atoms with Crippen LogP contribution in [0.3, 0.4) is 0 Å². The maximum atomic E-state index is 13.3. The molecule has 0 spiro atoms. The average molecular weight is 429 g/mol. The van der Waals surface area contributed by atoms with Crippen molar-refractivity contribution in [3.05, 3.63) is 101 Å². The van der Waals surface area contributed by atoms with Gasteiger partial charge in [0.05, 0.1) is 5.56 Å². The lowest BCUT2D eigenvalue weighted by atomic mass is 10.1. The van der Waals surface area contributed by atoms with E-state index in [1.165, 1.54) is 16.8 Å². The van der Waals surface area contributed by atoms with Crippen molar-refractivity contribution < 1.29 is 14.3 Å². The lowest BCUT2D eigenvalue weighted by Gasteiger charge is -2.37. The molecule has 0 unspecified atom stereocenters. The lowest BCUT2D eigenvalue weighted by molar-refractivity contribution is 0.0467. The van der Waals surface area contributed by atoms with Crippen molar-refractivity contribution in [3.63, 3.8) is 0 Å². The molecular weight excluding hydrogens is 400 g/mol. The zero-order valence-electron chi connectivity index (χ0n) is 18.6. The zero-order valence-corrected chi connectivity index (χ0v) is 18.6. The number of rotatable bonds is 5. The molecule has 0 aliphatic carbocycles. The van der Waals surface area contributed by atoms with E-state index < -0.39 is 5.97 Å². The van der Waals surface area contributed by atoms with Crippen LogP contribution in [0, 0.1) is 13.8 Å². The highest BCUT2D eigenvalue weighted by Crippen LogP contribution is 2.24. The number of hydrogen-bond donors (Lipinski definition) is 0. The van der Waals surface area contributed by atoms with E-state index in [-0.39, 0.29) is 12.5 Å². The van der Waals surface area contributed by atoms with Crippen LogP contribution in [-0.4, -0.2) is 43.0 Å². The fourth-order valence-corrected chi connectivity index (χ4v) is 4.05. The molecule has 1 aliphatic rings. The van der Waals surface area contributed by atoms with Crippen molar-refractivity contribution in [2.45, 2.75) is 20.5 Å². The predicted octanol–water partition coefficient (Wildman–Crippen LogP) is 4.62. The number of piperazine rings is 1. The number of anilines is 1. The van der Waals surface area contributed by atoms with E-state index in [1.54, 1.807) is 24.3 Å². The summed E-state index contributed by atoms with van der Waals surface area (Å²) in [6.07, 6.45) is 0. The first-order valence-corrected chi connectivity index (χ1v) is 10.9. The highest BCUT2D eigenvalue weighted by Gasteiger charge is 2.25. The fourth-order valence-electron chi connectivity index (χ4n) is 4.05. The van der Waals surface area contributed by atoms with Crippen LogP contribution in [0.2, 0.25) is 0 Å². The van der Waals surface area contributed by atoms with Gasteiger partial charge in [-0.05, 0) is 49.2 Å². The number of carbonyl (C=O) groups is 2. The molecule has 32 heavy (non-hydrogen) atoms. The summed E-state index contributed by atoms with van der Waals surface area (Å²) in [5.41, 5.74) is 5.62. The van der Waals surface area contributed by atoms with Gasteiger partial charge in [-0.3, -0.25) is 4.79 Å². The quantitative estimate of drug-likeness (QED) is 0.557. The Labute approximate surface area is 189 Å². The third-order valence-electron chi connectivity index (χ3n) is 6.10. The summed E-state index contributed by atoms with van der Waals surface area (Å²) < 4.78 is 5.47. The van der Waals surface area contributed by atoms with Crippen LogP contribution in [0.15, 0.2) is 72.8 Å². The lowest BCUT2D eigenvalue weighted by Crippen LogP contribution is -2.49. The summed E-state index contributed by atoms with van der Waals surface area (Å²) >= 11 is 0. The molecule has 1 heterocycles. The van der Waals surface area contributed by atoms with Crippen molar-refractivity contribution in [2.24, 2.45) is 0 Å². The predicted molar refractivity (Wildman–Crippen MR) is 126 cm³/mol. The van der Waals surface area contributed by atoms with Crippen molar-refractivity contribution >= 4 is 17.6 Å². The molecular formula is C27H28N2O3. The summed E-state index contributed by atoms with van der Waals surface area (Å²) in [6, 6.07) is 22.6. The van der Waals surface area contributed by atoms with E-state index in [9.17, 15) is 9.59 Å². The molecule has 4 rings (SSSR count). The minimum absolute atomic E-state index is 0.0167. The van der Waals surface area contributed by atoms with Gasteiger partial charge in [-0.1, -0.05) is 48.5 Å². The van der Waals surface area contributed by atoms with E-state index in [4.69, 9.17) is 4.74 Å². The molecule has 5 heteroatoms. The van der Waals surface area contributed by atoms with Crippen LogP contribution in [0.4, 0.5) is 5.69 Å². The maximum Gasteiger partial charge on any atom is 0.338 e. The Kier molecular flexibility index (Phi) is 6.55. The Morgan fingerprint density at radius 1 is 0.812 bits per heavy atom. The molecule has 1 amide bonds. The van der Waals surface area contributed by atoms with Crippen LogP contribution >= 0.6 is 0 Å². The molecule has 0 saturated carbocycles. The average Bonchev–Trinajstić information content (AvgIpc) is 2.84. The van der Waals surface area contributed by atoms with Gasteiger partial charge in [-0.2, -0.15) is 0 Å². The fraction of sp³-hybridized carbons (Fsp3) is 0.259. The number of aryl methyl sites for hydroxylation is 1. The van der Waals surface area contributed by atoms with Crippen molar-refractivity contribution in [1.82, 2.24) is 4.90 Å². The Balaban J connectivity index is 1.41. The Morgan fingerprint density at radius 2 is 1.50 bits per heavy atom. The molecule has 0 radical (unpaired) electrons. The highest BCUT2D eigenvalue weighted by atomic mass is 16.5. The van der Waals surface area contributed by atoms with E-state index in [0.29, 0.717) is 24.2 Å². The van der Waals surface area contributed by atoms with Gasteiger partial charge in [0.2, 0.25) is 0 Å². The van der Waals surface area contributed by atoms with Gasteiger partial charge in [0.1, 0.15) is 6.61 Å². The molecule has 0 N–H and O–H groups in total. The molecule has 3 aromatic carbocycles. The van der Waals surface area contributed by atoms with E-state index >= 15 is 0 Å². The monoisotopic (exact) mass is 428 g/mol. The standard InChI is InChI=1S/C27H28N2O3/c1-20-9-8-14-25(21(20)2)28-15-17-29(18-16-28)26(30)24-13-7-6-12-23(24)19-32-27(31)22-10-4-3-5-11-22/h3-14H,15-19H2,1-2H3. The minimum atomic E-state index is -0.394. The number of esters is 1. The van der Waals surface area contributed by atoms with Crippen LogP contribution in [0.5, 0.6) is 0 Å². The van der Waals surface area contributed by atoms with Gasteiger partial charge < -0.3 is 14.5 Å². The molecule has 1 saturated heterocycles. The SMILES string of the molecule is Cc1cccc(N2CCN(C(=O)c3ccccc3COC(=O)c3ccccc3)CC2)c1C. The number of ether oxygens (including phenoxy) is 1. The van der Waals surface area contributed by atoms with E-state index in [2.05, 4.69) is 36.9 Å². The van der Waals surface area contributed by atoms with Gasteiger partial charge >= 0.3 is 5.97 Å². The molecule has 3 aromatic rings. The third kappa shape index (κ3) is 4.67. The van der Waals surface area contributed by atoms with Gasteiger partial charge in [0, 0.05) is 43.0 Å². The molecule has 0 aromatic heterocycles. The summed E-state index contributed by atoms with van der Waals surface area (Å²) in [5.74, 6) is -0.410. The number of hydrogen-bond acceptors (Lipinski definition) is 4. The number of nitrogens with zero attached hydrogens (tertiary/aromatic N) is 2.